The van der Waals surface area contributed by atoms with E-state index in [0.717, 1.165) is 12.8 Å². The Kier molecular flexibility index (Phi) is 3.84. The van der Waals surface area contributed by atoms with Gasteiger partial charge in [-0.2, -0.15) is 0 Å². The van der Waals surface area contributed by atoms with Gasteiger partial charge in [-0.15, -0.1) is 0 Å². The Balaban J connectivity index is 2.05. The van der Waals surface area contributed by atoms with Crippen LogP contribution in [0.2, 0.25) is 5.02 Å². The molecule has 1 fully saturated rings. The van der Waals surface area contributed by atoms with E-state index in [1.165, 1.54) is 19.3 Å². The largest absolute Gasteiger partial charge is 0.384 e. The predicted octanol–water partition coefficient (Wildman–Crippen LogP) is 2.38. The summed E-state index contributed by atoms with van der Waals surface area (Å²) in [5, 5.41) is 3.30. The average molecular weight is 254 g/mol. The van der Waals surface area contributed by atoms with Crippen LogP contribution in [0.3, 0.4) is 0 Å². The molecule has 0 radical (unpaired) electrons. The maximum Gasteiger partial charge on any atom is 0.271 e. The van der Waals surface area contributed by atoms with E-state index < -0.39 is 0 Å². The molecule has 0 atom stereocenters. The number of anilines is 1. The van der Waals surface area contributed by atoms with Crippen molar-refractivity contribution < 1.29 is 4.79 Å². The van der Waals surface area contributed by atoms with Crippen LogP contribution >= 0.6 is 11.6 Å². The molecule has 0 bridgehead atoms. The second kappa shape index (κ2) is 5.36. The molecule has 1 saturated carbocycles. The zero-order chi connectivity index (χ0) is 12.3. The van der Waals surface area contributed by atoms with Gasteiger partial charge in [0.2, 0.25) is 0 Å². The van der Waals surface area contributed by atoms with E-state index >= 15 is 0 Å². The van der Waals surface area contributed by atoms with Gasteiger partial charge in [0.25, 0.3) is 5.91 Å². The summed E-state index contributed by atoms with van der Waals surface area (Å²) < 4.78 is 0. The maximum atomic E-state index is 12.0. The maximum absolute atomic E-state index is 12.0. The number of nitrogen functional groups attached to an aromatic ring is 1. The fraction of sp³-hybridized carbons (Fsp3) is 0.500. The van der Waals surface area contributed by atoms with Crippen molar-refractivity contribution in [1.82, 2.24) is 10.3 Å². The minimum atomic E-state index is -0.228. The summed E-state index contributed by atoms with van der Waals surface area (Å²) in [5.41, 5.74) is 5.77. The highest BCUT2D eigenvalue weighted by Gasteiger charge is 2.19. The molecule has 1 heterocycles. The summed E-state index contributed by atoms with van der Waals surface area (Å²) in [4.78, 5) is 15.9. The molecule has 1 aliphatic rings. The van der Waals surface area contributed by atoms with Crippen molar-refractivity contribution in [3.05, 3.63) is 22.8 Å². The van der Waals surface area contributed by atoms with E-state index in [1.54, 1.807) is 12.1 Å². The lowest BCUT2D eigenvalue weighted by Crippen LogP contribution is -2.36. The van der Waals surface area contributed by atoms with E-state index in [1.807, 2.05) is 0 Å². The van der Waals surface area contributed by atoms with E-state index in [-0.39, 0.29) is 17.6 Å². The summed E-state index contributed by atoms with van der Waals surface area (Å²) in [5.74, 6) is 0.0809. The predicted molar refractivity (Wildman–Crippen MR) is 68.0 cm³/mol. The zero-order valence-corrected chi connectivity index (χ0v) is 10.3. The Morgan fingerprint density at radius 2 is 2.06 bits per heavy atom. The Labute approximate surface area is 106 Å². The Bertz CT molecular complexity index is 416. The molecule has 0 saturated heterocycles. The molecule has 0 spiro atoms. The van der Waals surface area contributed by atoms with Crippen LogP contribution in [0.1, 0.15) is 42.6 Å². The van der Waals surface area contributed by atoms with Crippen molar-refractivity contribution in [2.75, 3.05) is 5.73 Å². The first-order valence-corrected chi connectivity index (χ1v) is 6.27. The summed E-state index contributed by atoms with van der Waals surface area (Å²) in [6.07, 6.45) is 5.66. The van der Waals surface area contributed by atoms with Crippen molar-refractivity contribution in [2.45, 2.75) is 38.1 Å². The van der Waals surface area contributed by atoms with Crippen molar-refractivity contribution >= 4 is 23.3 Å². The van der Waals surface area contributed by atoms with Crippen LogP contribution in [0.25, 0.3) is 0 Å². The molecular weight excluding hydrogens is 238 g/mol. The third-order valence-electron chi connectivity index (χ3n) is 3.02. The lowest BCUT2D eigenvalue weighted by Gasteiger charge is -2.22. The normalized spacial score (nSPS) is 16.8. The van der Waals surface area contributed by atoms with Gasteiger partial charge >= 0.3 is 0 Å². The molecule has 0 aliphatic heterocycles. The third-order valence-corrected chi connectivity index (χ3v) is 3.33. The summed E-state index contributed by atoms with van der Waals surface area (Å²) in [7, 11) is 0. The molecule has 1 amide bonds. The monoisotopic (exact) mass is 253 g/mol. The van der Waals surface area contributed by atoms with E-state index in [2.05, 4.69) is 10.3 Å². The number of nitrogens with one attached hydrogen (secondary N) is 1. The molecule has 1 aliphatic carbocycles. The quantitative estimate of drug-likeness (QED) is 0.850. The molecule has 0 unspecified atom stereocenters. The first-order chi connectivity index (χ1) is 8.16. The highest BCUT2D eigenvalue weighted by atomic mass is 35.5. The lowest BCUT2D eigenvalue weighted by molar-refractivity contribution is 0.0923. The van der Waals surface area contributed by atoms with Gasteiger partial charge in [0, 0.05) is 6.04 Å². The second-order valence-corrected chi connectivity index (χ2v) is 4.78. The van der Waals surface area contributed by atoms with E-state index in [0.29, 0.717) is 10.8 Å². The third kappa shape index (κ3) is 3.09. The number of hydrogen-bond donors (Lipinski definition) is 2. The highest BCUT2D eigenvalue weighted by Crippen LogP contribution is 2.19. The number of nitrogens with zero attached hydrogens (tertiary/aromatic N) is 1. The molecule has 92 valence electrons. The number of nitrogens with two attached hydrogens (primary N) is 1. The molecule has 17 heavy (non-hydrogen) atoms. The van der Waals surface area contributed by atoms with Gasteiger partial charge in [-0.25, -0.2) is 4.98 Å². The molecule has 4 nitrogen and oxygen atoms in total. The van der Waals surface area contributed by atoms with Gasteiger partial charge in [0.05, 0.1) is 5.02 Å². The standard InChI is InChI=1S/C12H16ClN3O/c13-9-6-7-10(14)16-11(9)12(17)15-8-4-2-1-3-5-8/h6-8H,1-5H2,(H2,14,16)(H,15,17). The Morgan fingerprint density at radius 1 is 1.35 bits per heavy atom. The summed E-state index contributed by atoms with van der Waals surface area (Å²) in [6.45, 7) is 0. The minimum absolute atomic E-state index is 0.220. The van der Waals surface area contributed by atoms with Crippen molar-refractivity contribution in [3.63, 3.8) is 0 Å². The van der Waals surface area contributed by atoms with Gasteiger partial charge in [0.15, 0.2) is 0 Å². The molecule has 1 aromatic rings. The van der Waals surface area contributed by atoms with Crippen LogP contribution in [0, 0.1) is 0 Å². The first-order valence-electron chi connectivity index (χ1n) is 5.89. The topological polar surface area (TPSA) is 68.0 Å². The smallest absolute Gasteiger partial charge is 0.271 e. The number of hydrogen-bond acceptors (Lipinski definition) is 3. The number of carbonyl (C=O) groups is 1. The number of pyridine rings is 1. The van der Waals surface area contributed by atoms with Crippen LogP contribution in [-0.2, 0) is 0 Å². The molecule has 2 rings (SSSR count). The molecule has 1 aromatic heterocycles. The number of rotatable bonds is 2. The summed E-state index contributed by atoms with van der Waals surface area (Å²) in [6, 6.07) is 3.43. The number of carbonyl (C=O) groups excluding carboxylic acids is 1. The van der Waals surface area contributed by atoms with Gasteiger partial charge in [-0.1, -0.05) is 30.9 Å². The van der Waals surface area contributed by atoms with Crippen molar-refractivity contribution in [2.24, 2.45) is 0 Å². The van der Waals surface area contributed by atoms with Crippen LogP contribution in [0.15, 0.2) is 12.1 Å². The van der Waals surface area contributed by atoms with Gasteiger partial charge in [0.1, 0.15) is 11.5 Å². The van der Waals surface area contributed by atoms with Gasteiger partial charge < -0.3 is 11.1 Å². The van der Waals surface area contributed by atoms with Crippen molar-refractivity contribution in [3.8, 4) is 0 Å². The average Bonchev–Trinajstić information content (AvgIpc) is 2.33. The number of halogens is 1. The molecule has 5 heteroatoms. The first kappa shape index (κ1) is 12.2. The Hall–Kier alpha value is -1.29. The van der Waals surface area contributed by atoms with Gasteiger partial charge in [-0.05, 0) is 25.0 Å². The molecular formula is C12H16ClN3O. The molecule has 0 aromatic carbocycles. The highest BCUT2D eigenvalue weighted by molar-refractivity contribution is 6.33. The van der Waals surface area contributed by atoms with Crippen LogP contribution in [0.4, 0.5) is 5.82 Å². The van der Waals surface area contributed by atoms with Crippen molar-refractivity contribution in [1.29, 1.82) is 0 Å². The fourth-order valence-corrected chi connectivity index (χ4v) is 2.31. The molecule has 3 N–H and O–H groups in total. The van der Waals surface area contributed by atoms with Crippen LogP contribution in [-0.4, -0.2) is 16.9 Å². The second-order valence-electron chi connectivity index (χ2n) is 4.37. The van der Waals surface area contributed by atoms with Crippen LogP contribution in [0.5, 0.6) is 0 Å². The van der Waals surface area contributed by atoms with Crippen LogP contribution < -0.4 is 11.1 Å². The zero-order valence-electron chi connectivity index (χ0n) is 9.58. The minimum Gasteiger partial charge on any atom is -0.384 e. The SMILES string of the molecule is Nc1ccc(Cl)c(C(=O)NC2CCCCC2)n1. The summed E-state index contributed by atoms with van der Waals surface area (Å²) >= 11 is 5.93. The van der Waals surface area contributed by atoms with E-state index in [9.17, 15) is 4.79 Å². The number of aromatic nitrogens is 1. The van der Waals surface area contributed by atoms with Gasteiger partial charge in [-0.3, -0.25) is 4.79 Å². The fourth-order valence-electron chi connectivity index (χ4n) is 2.12. The van der Waals surface area contributed by atoms with E-state index in [4.69, 9.17) is 17.3 Å². The Morgan fingerprint density at radius 3 is 2.76 bits per heavy atom. The number of amides is 1. The lowest BCUT2D eigenvalue weighted by atomic mass is 9.95.